The van der Waals surface area contributed by atoms with E-state index in [2.05, 4.69) is 27.4 Å². The molecule has 2 N–H and O–H groups in total. The molecule has 1 aromatic rings. The van der Waals surface area contributed by atoms with Crippen LogP contribution in [-0.2, 0) is 16.0 Å². The predicted octanol–water partition coefficient (Wildman–Crippen LogP) is 6.27. The van der Waals surface area contributed by atoms with E-state index in [0.29, 0.717) is 24.3 Å². The lowest BCUT2D eigenvalue weighted by molar-refractivity contribution is -0.133. The summed E-state index contributed by atoms with van der Waals surface area (Å²) in [6.07, 6.45) is 10.1. The monoisotopic (exact) mass is 400 g/mol. The Morgan fingerprint density at radius 2 is 1.62 bits per heavy atom. The van der Waals surface area contributed by atoms with Gasteiger partial charge < -0.3 is 10.2 Å². The largest absolute Gasteiger partial charge is 0.478 e. The zero-order chi connectivity index (χ0) is 21.9. The van der Waals surface area contributed by atoms with Crippen molar-refractivity contribution in [3.63, 3.8) is 0 Å². The molecule has 0 aliphatic heterocycles. The van der Waals surface area contributed by atoms with Gasteiger partial charge in [0.05, 0.1) is 0 Å². The molecule has 1 aromatic carbocycles. The summed E-state index contributed by atoms with van der Waals surface area (Å²) >= 11 is 0. The lowest BCUT2D eigenvalue weighted by atomic mass is 9.83. The SMILES string of the molecule is C=C(CCc1ccccc1)C(=O)O.CC(C)(C)CC(=CC1CCCCC1)C(=O)O. The molecule has 1 aliphatic rings. The summed E-state index contributed by atoms with van der Waals surface area (Å²) in [5.41, 5.74) is 2.08. The van der Waals surface area contributed by atoms with E-state index >= 15 is 0 Å². The number of carboxylic acids is 2. The van der Waals surface area contributed by atoms with Gasteiger partial charge in [-0.05, 0) is 49.0 Å². The van der Waals surface area contributed by atoms with Crippen molar-refractivity contribution in [1.82, 2.24) is 0 Å². The highest BCUT2D eigenvalue weighted by molar-refractivity contribution is 5.86. The Morgan fingerprint density at radius 3 is 2.10 bits per heavy atom. The summed E-state index contributed by atoms with van der Waals surface area (Å²) in [5, 5.41) is 17.8. The molecule has 0 heterocycles. The van der Waals surface area contributed by atoms with E-state index in [1.807, 2.05) is 36.4 Å². The van der Waals surface area contributed by atoms with Crippen LogP contribution in [0.15, 0.2) is 54.1 Å². The van der Waals surface area contributed by atoms with E-state index in [9.17, 15) is 14.7 Å². The standard InChI is InChI=1S/C14H24O2.C11H12O2/c1-14(2,3)10-12(13(15)16)9-11-7-5-4-6-8-11;1-9(11(12)13)7-8-10-5-3-2-4-6-10/h9,11H,4-8,10H2,1-3H3,(H,15,16);2-6H,1,7-8H2,(H,12,13). The highest BCUT2D eigenvalue weighted by Gasteiger charge is 2.20. The van der Waals surface area contributed by atoms with Gasteiger partial charge in [0.25, 0.3) is 0 Å². The molecule has 0 bridgehead atoms. The van der Waals surface area contributed by atoms with Gasteiger partial charge in [0.15, 0.2) is 0 Å². The van der Waals surface area contributed by atoms with Gasteiger partial charge in [-0.2, -0.15) is 0 Å². The molecule has 4 nitrogen and oxygen atoms in total. The third-order valence-electron chi connectivity index (χ3n) is 4.94. The Balaban J connectivity index is 0.000000296. The zero-order valence-corrected chi connectivity index (χ0v) is 18.1. The van der Waals surface area contributed by atoms with Gasteiger partial charge in [-0.15, -0.1) is 0 Å². The Labute approximate surface area is 175 Å². The summed E-state index contributed by atoms with van der Waals surface area (Å²) < 4.78 is 0. The first kappa shape index (κ1) is 24.7. The van der Waals surface area contributed by atoms with Crippen LogP contribution in [0.2, 0.25) is 0 Å². The average Bonchev–Trinajstić information content (AvgIpc) is 2.66. The number of hydrogen-bond donors (Lipinski definition) is 2. The van der Waals surface area contributed by atoms with Crippen molar-refractivity contribution in [2.75, 3.05) is 0 Å². The summed E-state index contributed by atoms with van der Waals surface area (Å²) in [6.45, 7) is 9.73. The second-order valence-corrected chi connectivity index (χ2v) is 9.03. The van der Waals surface area contributed by atoms with E-state index in [1.165, 1.54) is 32.1 Å². The number of hydrogen-bond acceptors (Lipinski definition) is 2. The Kier molecular flexibility index (Phi) is 10.4. The minimum Gasteiger partial charge on any atom is -0.478 e. The van der Waals surface area contributed by atoms with Crippen LogP contribution < -0.4 is 0 Å². The number of carbonyl (C=O) groups is 2. The molecular formula is C25H36O4. The number of allylic oxidation sites excluding steroid dienone is 1. The molecule has 1 saturated carbocycles. The highest BCUT2D eigenvalue weighted by Crippen LogP contribution is 2.29. The van der Waals surface area contributed by atoms with Gasteiger partial charge in [0.1, 0.15) is 0 Å². The van der Waals surface area contributed by atoms with E-state index in [-0.39, 0.29) is 11.0 Å². The molecular weight excluding hydrogens is 364 g/mol. The molecule has 1 fully saturated rings. The third kappa shape index (κ3) is 11.3. The predicted molar refractivity (Wildman–Crippen MR) is 118 cm³/mol. The van der Waals surface area contributed by atoms with Gasteiger partial charge in [-0.1, -0.05) is 83.0 Å². The maximum Gasteiger partial charge on any atom is 0.331 e. The van der Waals surface area contributed by atoms with Gasteiger partial charge in [-0.25, -0.2) is 9.59 Å². The second-order valence-electron chi connectivity index (χ2n) is 9.03. The van der Waals surface area contributed by atoms with Crippen molar-refractivity contribution in [3.05, 3.63) is 59.7 Å². The van der Waals surface area contributed by atoms with E-state index < -0.39 is 11.9 Å². The molecule has 4 heteroatoms. The smallest absolute Gasteiger partial charge is 0.331 e. The van der Waals surface area contributed by atoms with Crippen LogP contribution in [-0.4, -0.2) is 22.2 Å². The molecule has 0 atom stereocenters. The molecule has 160 valence electrons. The maximum absolute atomic E-state index is 11.2. The first-order chi connectivity index (χ1) is 13.6. The molecule has 0 radical (unpaired) electrons. The van der Waals surface area contributed by atoms with Crippen molar-refractivity contribution in [1.29, 1.82) is 0 Å². The number of aliphatic carboxylic acids is 2. The average molecular weight is 401 g/mol. The molecule has 0 saturated heterocycles. The van der Waals surface area contributed by atoms with E-state index in [0.717, 1.165) is 12.0 Å². The molecule has 2 rings (SSSR count). The first-order valence-corrected chi connectivity index (χ1v) is 10.5. The fourth-order valence-electron chi connectivity index (χ4n) is 3.41. The van der Waals surface area contributed by atoms with Crippen LogP contribution in [0, 0.1) is 11.3 Å². The summed E-state index contributed by atoms with van der Waals surface area (Å²) in [6, 6.07) is 9.79. The van der Waals surface area contributed by atoms with Crippen LogP contribution >= 0.6 is 0 Å². The number of benzene rings is 1. The highest BCUT2D eigenvalue weighted by atomic mass is 16.4. The molecule has 0 spiro atoms. The van der Waals surface area contributed by atoms with Crippen LogP contribution in [0.4, 0.5) is 0 Å². The Hall–Kier alpha value is -2.36. The lowest BCUT2D eigenvalue weighted by Crippen LogP contribution is -2.14. The van der Waals surface area contributed by atoms with E-state index in [4.69, 9.17) is 5.11 Å². The molecule has 29 heavy (non-hydrogen) atoms. The minimum atomic E-state index is -0.907. The molecule has 0 aromatic heterocycles. The van der Waals surface area contributed by atoms with Crippen LogP contribution in [0.5, 0.6) is 0 Å². The van der Waals surface area contributed by atoms with Gasteiger partial charge in [0, 0.05) is 11.1 Å². The van der Waals surface area contributed by atoms with Gasteiger partial charge in [0.2, 0.25) is 0 Å². The molecule has 1 aliphatic carbocycles. The fourth-order valence-corrected chi connectivity index (χ4v) is 3.41. The lowest BCUT2D eigenvalue weighted by Gasteiger charge is -2.22. The Morgan fingerprint density at radius 1 is 1.03 bits per heavy atom. The van der Waals surface area contributed by atoms with Crippen molar-refractivity contribution >= 4 is 11.9 Å². The van der Waals surface area contributed by atoms with Crippen molar-refractivity contribution in [3.8, 4) is 0 Å². The quantitative estimate of drug-likeness (QED) is 0.529. The van der Waals surface area contributed by atoms with Crippen molar-refractivity contribution in [2.24, 2.45) is 11.3 Å². The molecule has 0 unspecified atom stereocenters. The number of carboxylic acid groups (broad SMARTS) is 2. The van der Waals surface area contributed by atoms with Crippen LogP contribution in [0.3, 0.4) is 0 Å². The van der Waals surface area contributed by atoms with Gasteiger partial charge in [-0.3, -0.25) is 0 Å². The molecule has 0 amide bonds. The van der Waals surface area contributed by atoms with Crippen molar-refractivity contribution in [2.45, 2.75) is 72.1 Å². The number of rotatable bonds is 7. The van der Waals surface area contributed by atoms with Gasteiger partial charge >= 0.3 is 11.9 Å². The zero-order valence-electron chi connectivity index (χ0n) is 18.1. The van der Waals surface area contributed by atoms with Crippen LogP contribution in [0.1, 0.15) is 71.3 Å². The maximum atomic E-state index is 11.2. The Bertz CT molecular complexity index is 689. The van der Waals surface area contributed by atoms with Crippen LogP contribution in [0.25, 0.3) is 0 Å². The summed E-state index contributed by atoms with van der Waals surface area (Å²) in [4.78, 5) is 21.6. The van der Waals surface area contributed by atoms with Crippen molar-refractivity contribution < 1.29 is 19.8 Å². The fraction of sp³-hybridized carbons (Fsp3) is 0.520. The third-order valence-corrected chi connectivity index (χ3v) is 4.94. The first-order valence-electron chi connectivity index (χ1n) is 10.5. The minimum absolute atomic E-state index is 0.0545. The number of aryl methyl sites for hydroxylation is 1. The summed E-state index contributed by atoms with van der Waals surface area (Å²) in [7, 11) is 0. The second kappa shape index (κ2) is 12.3. The summed E-state index contributed by atoms with van der Waals surface area (Å²) in [5.74, 6) is -1.14. The van der Waals surface area contributed by atoms with E-state index in [1.54, 1.807) is 0 Å². The topological polar surface area (TPSA) is 74.6 Å². The normalized spacial score (nSPS) is 15.2.